The number of aliphatic hydroxyl groups is 1. The van der Waals surface area contributed by atoms with E-state index < -0.39 is 5.97 Å². The van der Waals surface area contributed by atoms with Crippen LogP contribution >= 0.6 is 11.6 Å². The summed E-state index contributed by atoms with van der Waals surface area (Å²) in [5.74, 6) is -0.318. The van der Waals surface area contributed by atoms with Gasteiger partial charge in [0.25, 0.3) is 0 Å². The van der Waals surface area contributed by atoms with Crippen molar-refractivity contribution in [3.63, 3.8) is 0 Å². The zero-order valence-corrected chi connectivity index (χ0v) is 7.76. The number of rotatable bonds is 7. The smallest absolute Gasteiger partial charge is 0.303 e. The Morgan fingerprint density at radius 3 is 2.50 bits per heavy atom. The second-order valence-electron chi connectivity index (χ2n) is 2.77. The monoisotopic (exact) mass is 194 g/mol. The van der Waals surface area contributed by atoms with Crippen LogP contribution in [0.3, 0.4) is 0 Å². The molecule has 3 nitrogen and oxygen atoms in total. The summed E-state index contributed by atoms with van der Waals surface area (Å²) in [4.78, 5) is 10.1. The van der Waals surface area contributed by atoms with Gasteiger partial charge in [0.15, 0.2) is 0 Å². The normalized spacial score (nSPS) is 12.8. The summed E-state index contributed by atoms with van der Waals surface area (Å²) in [5.41, 5.74) is 0. The van der Waals surface area contributed by atoms with Crippen LogP contribution in [-0.4, -0.2) is 28.2 Å². The summed E-state index contributed by atoms with van der Waals surface area (Å²) in [7, 11) is 0. The third kappa shape index (κ3) is 7.82. The van der Waals surface area contributed by atoms with E-state index in [-0.39, 0.29) is 12.5 Å². The second kappa shape index (κ2) is 7.37. The highest BCUT2D eigenvalue weighted by Crippen LogP contribution is 2.06. The van der Waals surface area contributed by atoms with Crippen molar-refractivity contribution >= 4 is 17.6 Å². The topological polar surface area (TPSA) is 57.5 Å². The van der Waals surface area contributed by atoms with E-state index >= 15 is 0 Å². The molecule has 4 heteroatoms. The first kappa shape index (κ1) is 11.7. The summed E-state index contributed by atoms with van der Waals surface area (Å²) in [6.07, 6.45) is 2.46. The lowest BCUT2D eigenvalue weighted by Crippen LogP contribution is -2.07. The Morgan fingerprint density at radius 1 is 1.33 bits per heavy atom. The molecule has 0 aromatic rings. The molecule has 12 heavy (non-hydrogen) atoms. The molecule has 2 N–H and O–H groups in total. The molecule has 0 spiro atoms. The van der Waals surface area contributed by atoms with Crippen LogP contribution in [0, 0.1) is 0 Å². The molecule has 0 saturated heterocycles. The number of halogens is 1. The minimum absolute atomic E-state index is 0.188. The van der Waals surface area contributed by atoms with Crippen molar-refractivity contribution in [1.29, 1.82) is 0 Å². The molecule has 72 valence electrons. The van der Waals surface area contributed by atoms with Gasteiger partial charge in [0.05, 0.1) is 6.10 Å². The number of carbonyl (C=O) groups is 1. The zero-order chi connectivity index (χ0) is 9.40. The van der Waals surface area contributed by atoms with Crippen LogP contribution in [0.2, 0.25) is 0 Å². The fourth-order valence-electron chi connectivity index (χ4n) is 0.926. The van der Waals surface area contributed by atoms with Gasteiger partial charge in [-0.1, -0.05) is 6.42 Å². The van der Waals surface area contributed by atoms with Gasteiger partial charge >= 0.3 is 5.97 Å². The van der Waals surface area contributed by atoms with Crippen LogP contribution in [0.4, 0.5) is 0 Å². The standard InChI is InChI=1S/C8H15ClO3/c9-6-5-7(10)3-1-2-4-8(11)12/h7,10H,1-6H2,(H,11,12). The van der Waals surface area contributed by atoms with Crippen LogP contribution in [0.1, 0.15) is 32.1 Å². The van der Waals surface area contributed by atoms with Gasteiger partial charge in [0.1, 0.15) is 0 Å². The predicted octanol–water partition coefficient (Wildman–Crippen LogP) is 1.62. The van der Waals surface area contributed by atoms with E-state index in [1.807, 2.05) is 0 Å². The highest BCUT2D eigenvalue weighted by molar-refractivity contribution is 6.17. The highest BCUT2D eigenvalue weighted by Gasteiger charge is 2.03. The molecule has 0 radical (unpaired) electrons. The van der Waals surface area contributed by atoms with E-state index in [9.17, 15) is 9.90 Å². The Bertz CT molecular complexity index is 127. The van der Waals surface area contributed by atoms with E-state index in [0.29, 0.717) is 25.1 Å². The molecule has 0 amide bonds. The van der Waals surface area contributed by atoms with Crippen LogP contribution in [0.25, 0.3) is 0 Å². The molecule has 0 aliphatic carbocycles. The summed E-state index contributed by atoms with van der Waals surface area (Å²) in [6.45, 7) is 0. The van der Waals surface area contributed by atoms with Crippen LogP contribution in [0.5, 0.6) is 0 Å². The number of alkyl halides is 1. The number of hydrogen-bond donors (Lipinski definition) is 2. The lowest BCUT2D eigenvalue weighted by Gasteiger charge is -2.06. The van der Waals surface area contributed by atoms with Crippen LogP contribution in [-0.2, 0) is 4.79 Å². The summed E-state index contributed by atoms with van der Waals surface area (Å²) >= 11 is 5.41. The van der Waals surface area contributed by atoms with Crippen molar-refractivity contribution in [3.8, 4) is 0 Å². The first-order chi connectivity index (χ1) is 5.66. The Kier molecular flexibility index (Phi) is 7.20. The first-order valence-corrected chi connectivity index (χ1v) is 4.66. The highest BCUT2D eigenvalue weighted by atomic mass is 35.5. The fourth-order valence-corrected chi connectivity index (χ4v) is 1.18. The van der Waals surface area contributed by atoms with Crippen molar-refractivity contribution in [2.24, 2.45) is 0 Å². The lowest BCUT2D eigenvalue weighted by atomic mass is 10.1. The van der Waals surface area contributed by atoms with Crippen molar-refractivity contribution in [3.05, 3.63) is 0 Å². The largest absolute Gasteiger partial charge is 0.481 e. The third-order valence-corrected chi connectivity index (χ3v) is 1.84. The number of aliphatic hydroxyl groups excluding tert-OH is 1. The van der Waals surface area contributed by atoms with E-state index in [0.717, 1.165) is 6.42 Å². The Morgan fingerprint density at radius 2 is 2.00 bits per heavy atom. The van der Waals surface area contributed by atoms with Gasteiger partial charge in [-0.05, 0) is 19.3 Å². The van der Waals surface area contributed by atoms with Crippen molar-refractivity contribution in [2.75, 3.05) is 5.88 Å². The maximum atomic E-state index is 10.1. The summed E-state index contributed by atoms with van der Waals surface area (Å²) < 4.78 is 0. The summed E-state index contributed by atoms with van der Waals surface area (Å²) in [5, 5.41) is 17.5. The third-order valence-electron chi connectivity index (χ3n) is 1.62. The maximum absolute atomic E-state index is 10.1. The minimum atomic E-state index is -0.776. The Balaban J connectivity index is 3.13. The van der Waals surface area contributed by atoms with Gasteiger partial charge in [0, 0.05) is 12.3 Å². The molecule has 0 rings (SSSR count). The van der Waals surface area contributed by atoms with E-state index in [2.05, 4.69) is 0 Å². The lowest BCUT2D eigenvalue weighted by molar-refractivity contribution is -0.137. The molecule has 0 aromatic heterocycles. The molecular formula is C8H15ClO3. The second-order valence-corrected chi connectivity index (χ2v) is 3.15. The molecule has 1 atom stereocenters. The number of unbranched alkanes of at least 4 members (excludes halogenated alkanes) is 1. The van der Waals surface area contributed by atoms with E-state index in [1.165, 1.54) is 0 Å². The van der Waals surface area contributed by atoms with Gasteiger partial charge in [-0.15, -0.1) is 11.6 Å². The van der Waals surface area contributed by atoms with E-state index in [1.54, 1.807) is 0 Å². The zero-order valence-electron chi connectivity index (χ0n) is 7.00. The minimum Gasteiger partial charge on any atom is -0.481 e. The molecular weight excluding hydrogens is 180 g/mol. The Hall–Kier alpha value is -0.280. The van der Waals surface area contributed by atoms with Crippen molar-refractivity contribution < 1.29 is 15.0 Å². The van der Waals surface area contributed by atoms with Crippen LogP contribution in [0.15, 0.2) is 0 Å². The Labute approximate surface area is 77.3 Å². The molecule has 0 aliphatic heterocycles. The van der Waals surface area contributed by atoms with Crippen molar-refractivity contribution in [1.82, 2.24) is 0 Å². The molecule has 0 fully saturated rings. The maximum Gasteiger partial charge on any atom is 0.303 e. The molecule has 0 heterocycles. The van der Waals surface area contributed by atoms with Crippen LogP contribution < -0.4 is 0 Å². The van der Waals surface area contributed by atoms with Gasteiger partial charge in [-0.25, -0.2) is 0 Å². The van der Waals surface area contributed by atoms with E-state index in [4.69, 9.17) is 16.7 Å². The molecule has 0 aliphatic rings. The molecule has 0 saturated carbocycles. The number of aliphatic carboxylic acids is 1. The summed E-state index contributed by atoms with van der Waals surface area (Å²) in [6, 6.07) is 0. The fraction of sp³-hybridized carbons (Fsp3) is 0.875. The SMILES string of the molecule is O=C(O)CCCCC(O)CCCl. The molecule has 0 bridgehead atoms. The number of carboxylic acids is 1. The van der Waals surface area contributed by atoms with Gasteiger partial charge in [0.2, 0.25) is 0 Å². The molecule has 1 unspecified atom stereocenters. The van der Waals surface area contributed by atoms with Gasteiger partial charge < -0.3 is 10.2 Å². The molecule has 0 aromatic carbocycles. The quantitative estimate of drug-likeness (QED) is 0.478. The number of carboxylic acid groups (broad SMARTS) is 1. The first-order valence-electron chi connectivity index (χ1n) is 4.12. The predicted molar refractivity (Wildman–Crippen MR) is 47.4 cm³/mol. The average Bonchev–Trinajstić information content (AvgIpc) is 1.98. The number of hydrogen-bond acceptors (Lipinski definition) is 2. The van der Waals surface area contributed by atoms with Crippen molar-refractivity contribution in [2.45, 2.75) is 38.2 Å². The average molecular weight is 195 g/mol. The van der Waals surface area contributed by atoms with Gasteiger partial charge in [-0.3, -0.25) is 4.79 Å². The van der Waals surface area contributed by atoms with Gasteiger partial charge in [-0.2, -0.15) is 0 Å².